The molecule has 1 aliphatic rings. The molecule has 21 heavy (non-hydrogen) atoms. The van der Waals surface area contributed by atoms with Gasteiger partial charge in [-0.25, -0.2) is 0 Å². The van der Waals surface area contributed by atoms with Gasteiger partial charge in [-0.1, -0.05) is 19.6 Å². The topological polar surface area (TPSA) is 41.6 Å². The first-order chi connectivity index (χ1) is 9.87. The molecule has 4 nitrogen and oxygen atoms in total. The molecule has 118 valence electrons. The van der Waals surface area contributed by atoms with Gasteiger partial charge in [-0.05, 0) is 18.6 Å². The van der Waals surface area contributed by atoms with Gasteiger partial charge >= 0.3 is 6.36 Å². The minimum Gasteiger partial charge on any atom is -0.410 e. The summed E-state index contributed by atoms with van der Waals surface area (Å²) in [5.74, 6) is -0.187. The molecule has 1 saturated heterocycles. The van der Waals surface area contributed by atoms with E-state index < -0.39 is 6.36 Å². The van der Waals surface area contributed by atoms with Crippen LogP contribution < -0.4 is 5.32 Å². The molecular formula is C14H19F3N2O2. The van der Waals surface area contributed by atoms with Crippen LogP contribution >= 0.6 is 0 Å². The average Bonchev–Trinajstić information content (AvgIpc) is 2.84. The Morgan fingerprint density at radius 1 is 1.52 bits per heavy atom. The predicted octanol–water partition coefficient (Wildman–Crippen LogP) is 2.71. The van der Waals surface area contributed by atoms with E-state index in [0.29, 0.717) is 18.8 Å². The van der Waals surface area contributed by atoms with Crippen LogP contribution in [0, 0.1) is 0 Å². The largest absolute Gasteiger partial charge is 0.572 e. The van der Waals surface area contributed by atoms with E-state index in [-0.39, 0.29) is 18.2 Å². The Morgan fingerprint density at radius 3 is 2.71 bits per heavy atom. The number of ether oxygens (including phenoxy) is 1. The third-order valence-electron chi connectivity index (χ3n) is 2.95. The first kappa shape index (κ1) is 17.1. The standard InChI is InChI=1S/C14H19F3N2O2/c1-3-5-11(8-13(4-2)21-14(15,16)17)18-12-6-7-19(9-12)10-20/h3,5,8,10,12,18H,1,4,6-7,9H2,2H3/b11-5+,13-8+. The lowest BCUT2D eigenvalue weighted by molar-refractivity contribution is -0.306. The summed E-state index contributed by atoms with van der Waals surface area (Å²) in [5, 5.41) is 3.10. The fourth-order valence-electron chi connectivity index (χ4n) is 2.03. The van der Waals surface area contributed by atoms with Crippen LogP contribution in [0.5, 0.6) is 0 Å². The van der Waals surface area contributed by atoms with Crippen LogP contribution in [-0.4, -0.2) is 36.8 Å². The van der Waals surface area contributed by atoms with E-state index in [1.165, 1.54) is 12.2 Å². The Balaban J connectivity index is 2.75. The smallest absolute Gasteiger partial charge is 0.410 e. The number of allylic oxidation sites excluding steroid dienone is 4. The van der Waals surface area contributed by atoms with Gasteiger partial charge in [0.15, 0.2) is 0 Å². The lowest BCUT2D eigenvalue weighted by Gasteiger charge is -2.17. The highest BCUT2D eigenvalue weighted by Gasteiger charge is 2.31. The van der Waals surface area contributed by atoms with Crippen LogP contribution in [0.3, 0.4) is 0 Å². The molecule has 1 amide bonds. The molecule has 0 aromatic carbocycles. The number of carbonyl (C=O) groups is 1. The molecule has 0 spiro atoms. The second kappa shape index (κ2) is 7.75. The fourth-order valence-corrected chi connectivity index (χ4v) is 2.03. The van der Waals surface area contributed by atoms with E-state index in [0.717, 1.165) is 12.8 Å². The van der Waals surface area contributed by atoms with Crippen molar-refractivity contribution in [3.63, 3.8) is 0 Å². The normalized spacial score (nSPS) is 20.4. The molecule has 7 heteroatoms. The summed E-state index contributed by atoms with van der Waals surface area (Å²) < 4.78 is 40.7. The van der Waals surface area contributed by atoms with Gasteiger partial charge in [-0.3, -0.25) is 4.79 Å². The van der Waals surface area contributed by atoms with Crippen molar-refractivity contribution in [1.82, 2.24) is 10.2 Å². The van der Waals surface area contributed by atoms with E-state index in [9.17, 15) is 18.0 Å². The van der Waals surface area contributed by atoms with Crippen molar-refractivity contribution >= 4 is 6.41 Å². The number of halogens is 3. The van der Waals surface area contributed by atoms with Gasteiger partial charge < -0.3 is 15.0 Å². The minimum absolute atomic E-state index is 0.00152. The van der Waals surface area contributed by atoms with Gasteiger partial charge in [0.25, 0.3) is 0 Å². The van der Waals surface area contributed by atoms with Crippen LogP contribution in [0.2, 0.25) is 0 Å². The van der Waals surface area contributed by atoms with Gasteiger partial charge in [-0.15, -0.1) is 13.2 Å². The Morgan fingerprint density at radius 2 is 2.24 bits per heavy atom. The van der Waals surface area contributed by atoms with Gasteiger partial charge in [0, 0.05) is 31.2 Å². The summed E-state index contributed by atoms with van der Waals surface area (Å²) in [6.45, 7) is 6.27. The zero-order chi connectivity index (χ0) is 15.9. The summed E-state index contributed by atoms with van der Waals surface area (Å²) >= 11 is 0. The quantitative estimate of drug-likeness (QED) is 0.447. The number of likely N-dealkylation sites (tertiary alicyclic amines) is 1. The predicted molar refractivity (Wildman–Crippen MR) is 73.0 cm³/mol. The van der Waals surface area contributed by atoms with Crippen LogP contribution in [0.1, 0.15) is 19.8 Å². The molecule has 0 aliphatic carbocycles. The number of hydrogen-bond donors (Lipinski definition) is 1. The summed E-state index contributed by atoms with van der Waals surface area (Å²) in [7, 11) is 0. The van der Waals surface area contributed by atoms with Crippen LogP contribution in [0.4, 0.5) is 13.2 Å². The Kier molecular flexibility index (Phi) is 6.33. The maximum atomic E-state index is 12.3. The molecule has 1 fully saturated rings. The molecule has 1 rings (SSSR count). The van der Waals surface area contributed by atoms with Crippen LogP contribution in [0.15, 0.2) is 36.3 Å². The molecule has 0 aromatic heterocycles. The molecular weight excluding hydrogens is 285 g/mol. The number of carbonyl (C=O) groups excluding carboxylic acids is 1. The lowest BCUT2D eigenvalue weighted by atomic mass is 10.2. The zero-order valence-corrected chi connectivity index (χ0v) is 11.8. The number of hydrogen-bond acceptors (Lipinski definition) is 3. The third-order valence-corrected chi connectivity index (χ3v) is 2.95. The number of rotatable bonds is 7. The number of nitrogens with one attached hydrogen (secondary N) is 1. The fraction of sp³-hybridized carbons (Fsp3) is 0.500. The van der Waals surface area contributed by atoms with Crippen molar-refractivity contribution in [2.45, 2.75) is 32.2 Å². The van der Waals surface area contributed by atoms with Crippen LogP contribution in [-0.2, 0) is 9.53 Å². The summed E-state index contributed by atoms with van der Waals surface area (Å²) in [4.78, 5) is 12.3. The first-order valence-electron chi connectivity index (χ1n) is 6.62. The molecule has 1 unspecified atom stereocenters. The zero-order valence-electron chi connectivity index (χ0n) is 11.8. The number of alkyl halides is 3. The summed E-state index contributed by atoms with van der Waals surface area (Å²) in [5.41, 5.74) is 0.476. The maximum Gasteiger partial charge on any atom is 0.572 e. The van der Waals surface area contributed by atoms with E-state index in [1.807, 2.05) is 0 Å². The summed E-state index contributed by atoms with van der Waals surface area (Å²) in [6.07, 6.45) is 1.26. The molecule has 0 bridgehead atoms. The van der Waals surface area contributed by atoms with E-state index in [2.05, 4.69) is 16.6 Å². The highest BCUT2D eigenvalue weighted by Crippen LogP contribution is 2.23. The van der Waals surface area contributed by atoms with Crippen molar-refractivity contribution in [2.75, 3.05) is 13.1 Å². The Bertz CT molecular complexity index is 430. The maximum absolute atomic E-state index is 12.3. The summed E-state index contributed by atoms with van der Waals surface area (Å²) in [6, 6.07) is 0.00152. The first-order valence-corrected chi connectivity index (χ1v) is 6.62. The third kappa shape index (κ3) is 6.37. The molecule has 0 aromatic rings. The molecule has 0 radical (unpaired) electrons. The van der Waals surface area contributed by atoms with Crippen molar-refractivity contribution < 1.29 is 22.7 Å². The van der Waals surface area contributed by atoms with Gasteiger partial charge in [-0.2, -0.15) is 0 Å². The minimum atomic E-state index is -4.71. The average molecular weight is 304 g/mol. The molecule has 1 atom stereocenters. The van der Waals surface area contributed by atoms with E-state index in [1.54, 1.807) is 17.9 Å². The second-order valence-electron chi connectivity index (χ2n) is 4.60. The van der Waals surface area contributed by atoms with Crippen LogP contribution in [0.25, 0.3) is 0 Å². The second-order valence-corrected chi connectivity index (χ2v) is 4.60. The molecule has 1 N–H and O–H groups in total. The van der Waals surface area contributed by atoms with Crippen molar-refractivity contribution in [3.05, 3.63) is 36.3 Å². The monoisotopic (exact) mass is 304 g/mol. The molecule has 1 aliphatic heterocycles. The highest BCUT2D eigenvalue weighted by molar-refractivity contribution is 5.47. The van der Waals surface area contributed by atoms with Gasteiger partial charge in [0.2, 0.25) is 6.41 Å². The van der Waals surface area contributed by atoms with Crippen molar-refractivity contribution in [2.24, 2.45) is 0 Å². The SMILES string of the molecule is C=C/C=C(\C=C(/CC)OC(F)(F)F)NC1CCN(C=O)C1. The highest BCUT2D eigenvalue weighted by atomic mass is 19.4. The van der Waals surface area contributed by atoms with E-state index in [4.69, 9.17) is 0 Å². The van der Waals surface area contributed by atoms with E-state index >= 15 is 0 Å². The molecule has 1 heterocycles. The number of nitrogens with zero attached hydrogens (tertiary/aromatic N) is 1. The van der Waals surface area contributed by atoms with Crippen molar-refractivity contribution in [1.29, 1.82) is 0 Å². The molecule has 0 saturated carbocycles. The van der Waals surface area contributed by atoms with Crippen molar-refractivity contribution in [3.8, 4) is 0 Å². The Hall–Kier alpha value is -1.92. The van der Waals surface area contributed by atoms with Gasteiger partial charge in [0.05, 0.1) is 0 Å². The van der Waals surface area contributed by atoms with Gasteiger partial charge in [0.1, 0.15) is 5.76 Å². The lowest BCUT2D eigenvalue weighted by Crippen LogP contribution is -2.31. The number of amides is 1. The Labute approximate surface area is 121 Å².